The van der Waals surface area contributed by atoms with Crippen LogP contribution in [-0.2, 0) is 15.7 Å². The van der Waals surface area contributed by atoms with E-state index in [0.717, 1.165) is 16.8 Å². The fourth-order valence-corrected chi connectivity index (χ4v) is 3.13. The summed E-state index contributed by atoms with van der Waals surface area (Å²) in [7, 11) is 1.32. The summed E-state index contributed by atoms with van der Waals surface area (Å²) in [5, 5.41) is 3.90. The number of piperazine rings is 1. The Labute approximate surface area is 168 Å². The second-order valence-electron chi connectivity index (χ2n) is 6.30. The zero-order valence-corrected chi connectivity index (χ0v) is 16.1. The lowest BCUT2D eigenvalue weighted by Crippen LogP contribution is -2.48. The van der Waals surface area contributed by atoms with E-state index in [1.807, 2.05) is 9.80 Å². The molecule has 0 aliphatic carbocycles. The van der Waals surface area contributed by atoms with E-state index in [-0.39, 0.29) is 23.4 Å². The number of rotatable bonds is 4. The molecule has 0 bridgehead atoms. The molecule has 0 amide bonds. The second-order valence-corrected chi connectivity index (χ2v) is 6.68. The summed E-state index contributed by atoms with van der Waals surface area (Å²) in [5.41, 5.74) is -1.20. The van der Waals surface area contributed by atoms with Gasteiger partial charge in [0.25, 0.3) is 5.56 Å². The number of alkyl halides is 3. The maximum absolute atomic E-state index is 12.7. The molecule has 1 aliphatic heterocycles. The van der Waals surface area contributed by atoms with E-state index in [0.29, 0.717) is 38.1 Å². The van der Waals surface area contributed by atoms with Crippen molar-refractivity contribution in [1.82, 2.24) is 19.7 Å². The minimum atomic E-state index is -4.53. The van der Waals surface area contributed by atoms with Crippen LogP contribution in [0, 0.1) is 0 Å². The van der Waals surface area contributed by atoms with E-state index < -0.39 is 17.3 Å². The van der Waals surface area contributed by atoms with Crippen LogP contribution in [0.5, 0.6) is 0 Å². The molecule has 0 N–H and O–H groups in total. The van der Waals surface area contributed by atoms with Crippen LogP contribution in [-0.4, -0.2) is 65.5 Å². The summed E-state index contributed by atoms with van der Waals surface area (Å²) in [4.78, 5) is 31.4. The van der Waals surface area contributed by atoms with Gasteiger partial charge < -0.3 is 9.64 Å². The average Bonchev–Trinajstić information content (AvgIpc) is 2.70. The third-order valence-electron chi connectivity index (χ3n) is 4.49. The standard InChI is InChI=1S/C17H17ClF3N5O3/c1-29-14(27)10-24-4-6-25(7-5-24)12-9-23-26(16(28)15(12)18)13-3-2-11(8-22-13)17(19,20)21/h2-3,8-9H,4-7,10H2,1H3. The lowest BCUT2D eigenvalue weighted by atomic mass is 10.2. The summed E-state index contributed by atoms with van der Waals surface area (Å²) in [6.07, 6.45) is -2.52. The third kappa shape index (κ3) is 4.67. The highest BCUT2D eigenvalue weighted by atomic mass is 35.5. The molecule has 156 valence electrons. The normalized spacial score (nSPS) is 15.4. The predicted molar refractivity (Wildman–Crippen MR) is 98.3 cm³/mol. The molecule has 12 heteroatoms. The zero-order valence-electron chi connectivity index (χ0n) is 15.3. The first-order chi connectivity index (χ1) is 13.7. The number of hydrogen-bond acceptors (Lipinski definition) is 7. The fraction of sp³-hybridized carbons (Fsp3) is 0.412. The number of carbonyl (C=O) groups is 1. The molecule has 1 saturated heterocycles. The van der Waals surface area contributed by atoms with Gasteiger partial charge in [0.05, 0.1) is 31.1 Å². The van der Waals surface area contributed by atoms with Gasteiger partial charge >= 0.3 is 12.1 Å². The van der Waals surface area contributed by atoms with Crippen LogP contribution in [0.4, 0.5) is 18.9 Å². The maximum Gasteiger partial charge on any atom is 0.417 e. The highest BCUT2D eigenvalue weighted by Crippen LogP contribution is 2.29. The molecule has 0 atom stereocenters. The predicted octanol–water partition coefficient (Wildman–Crippen LogP) is 1.59. The summed E-state index contributed by atoms with van der Waals surface area (Å²) >= 11 is 6.22. The number of methoxy groups -OCH3 is 1. The van der Waals surface area contributed by atoms with Crippen molar-refractivity contribution in [2.75, 3.05) is 44.7 Å². The SMILES string of the molecule is COC(=O)CN1CCN(c2cnn(-c3ccc(C(F)(F)F)cn3)c(=O)c2Cl)CC1. The molecule has 0 aromatic carbocycles. The molecule has 0 unspecified atom stereocenters. The number of anilines is 1. The first-order valence-corrected chi connectivity index (χ1v) is 8.94. The van der Waals surface area contributed by atoms with Gasteiger partial charge in [0, 0.05) is 32.4 Å². The Balaban J connectivity index is 1.77. The highest BCUT2D eigenvalue weighted by Gasteiger charge is 2.31. The molecule has 3 heterocycles. The van der Waals surface area contributed by atoms with Crippen LogP contribution in [0.1, 0.15) is 5.56 Å². The smallest absolute Gasteiger partial charge is 0.417 e. The largest absolute Gasteiger partial charge is 0.468 e. The first-order valence-electron chi connectivity index (χ1n) is 8.56. The van der Waals surface area contributed by atoms with Crippen LogP contribution in [0.3, 0.4) is 0 Å². The van der Waals surface area contributed by atoms with Gasteiger partial charge in [0.2, 0.25) is 0 Å². The topological polar surface area (TPSA) is 80.6 Å². The Kier molecular flexibility index (Phi) is 6.08. The maximum atomic E-state index is 12.7. The van der Waals surface area contributed by atoms with Crippen molar-refractivity contribution in [2.45, 2.75) is 6.18 Å². The van der Waals surface area contributed by atoms with Gasteiger partial charge in [0.1, 0.15) is 5.02 Å². The Morgan fingerprint density at radius 2 is 1.90 bits per heavy atom. The minimum absolute atomic E-state index is 0.0700. The number of halogens is 4. The van der Waals surface area contributed by atoms with Crippen molar-refractivity contribution in [3.8, 4) is 5.82 Å². The van der Waals surface area contributed by atoms with Crippen LogP contribution in [0.15, 0.2) is 29.3 Å². The number of esters is 1. The third-order valence-corrected chi connectivity index (χ3v) is 4.84. The zero-order chi connectivity index (χ0) is 21.2. The van der Waals surface area contributed by atoms with Crippen molar-refractivity contribution in [3.63, 3.8) is 0 Å². The molecule has 1 aliphatic rings. The fourth-order valence-electron chi connectivity index (χ4n) is 2.88. The van der Waals surface area contributed by atoms with Crippen LogP contribution >= 0.6 is 11.6 Å². The number of nitrogens with zero attached hydrogens (tertiary/aromatic N) is 5. The first kappa shape index (κ1) is 21.1. The van der Waals surface area contributed by atoms with Gasteiger partial charge in [-0.15, -0.1) is 0 Å². The van der Waals surface area contributed by atoms with Crippen molar-refractivity contribution in [3.05, 3.63) is 45.5 Å². The van der Waals surface area contributed by atoms with E-state index in [1.54, 1.807) is 0 Å². The lowest BCUT2D eigenvalue weighted by Gasteiger charge is -2.35. The Morgan fingerprint density at radius 1 is 1.21 bits per heavy atom. The number of hydrogen-bond donors (Lipinski definition) is 0. The molecular weight excluding hydrogens is 415 g/mol. The van der Waals surface area contributed by atoms with E-state index in [9.17, 15) is 22.8 Å². The number of pyridine rings is 1. The molecule has 0 saturated carbocycles. The summed E-state index contributed by atoms with van der Waals surface area (Å²) in [6, 6.07) is 1.87. The molecule has 0 radical (unpaired) electrons. The Bertz CT molecular complexity index is 941. The molecule has 0 spiro atoms. The molecule has 3 rings (SSSR count). The number of carbonyl (C=O) groups excluding carboxylic acids is 1. The number of ether oxygens (including phenoxy) is 1. The van der Waals surface area contributed by atoms with Gasteiger partial charge in [-0.3, -0.25) is 14.5 Å². The van der Waals surface area contributed by atoms with Gasteiger partial charge in [-0.1, -0.05) is 11.6 Å². The van der Waals surface area contributed by atoms with Gasteiger partial charge in [0.15, 0.2) is 5.82 Å². The van der Waals surface area contributed by atoms with Crippen molar-refractivity contribution in [2.24, 2.45) is 0 Å². The quantitative estimate of drug-likeness (QED) is 0.680. The summed E-state index contributed by atoms with van der Waals surface area (Å²) in [6.45, 7) is 2.34. The van der Waals surface area contributed by atoms with Crippen LogP contribution in [0.2, 0.25) is 5.02 Å². The summed E-state index contributed by atoms with van der Waals surface area (Å²) in [5.74, 6) is -0.399. The Hall–Kier alpha value is -2.66. The van der Waals surface area contributed by atoms with Gasteiger partial charge in [-0.25, -0.2) is 4.98 Å². The average molecular weight is 432 g/mol. The molecule has 8 nitrogen and oxygen atoms in total. The van der Waals surface area contributed by atoms with Crippen molar-refractivity contribution in [1.29, 1.82) is 0 Å². The van der Waals surface area contributed by atoms with E-state index in [4.69, 9.17) is 11.6 Å². The highest BCUT2D eigenvalue weighted by molar-refractivity contribution is 6.33. The van der Waals surface area contributed by atoms with Crippen molar-refractivity contribution < 1.29 is 22.7 Å². The molecule has 2 aromatic rings. The van der Waals surface area contributed by atoms with E-state index in [2.05, 4.69) is 14.8 Å². The van der Waals surface area contributed by atoms with Gasteiger partial charge in [-0.05, 0) is 12.1 Å². The molecular formula is C17H17ClF3N5O3. The monoisotopic (exact) mass is 431 g/mol. The lowest BCUT2D eigenvalue weighted by molar-refractivity contribution is -0.142. The van der Waals surface area contributed by atoms with Crippen LogP contribution in [0.25, 0.3) is 5.82 Å². The number of aromatic nitrogens is 3. The van der Waals surface area contributed by atoms with E-state index >= 15 is 0 Å². The van der Waals surface area contributed by atoms with Gasteiger partial charge in [-0.2, -0.15) is 23.0 Å². The van der Waals surface area contributed by atoms with E-state index in [1.165, 1.54) is 13.3 Å². The molecule has 2 aromatic heterocycles. The molecule has 29 heavy (non-hydrogen) atoms. The van der Waals surface area contributed by atoms with Crippen molar-refractivity contribution >= 4 is 23.3 Å². The molecule has 1 fully saturated rings. The summed E-state index contributed by atoms with van der Waals surface area (Å²) < 4.78 is 43.5. The minimum Gasteiger partial charge on any atom is -0.468 e. The second kappa shape index (κ2) is 8.37. The Morgan fingerprint density at radius 3 is 2.45 bits per heavy atom. The van der Waals surface area contributed by atoms with Crippen LogP contribution < -0.4 is 10.5 Å².